The van der Waals surface area contributed by atoms with Gasteiger partial charge in [0.1, 0.15) is 5.54 Å². The quantitative estimate of drug-likeness (QED) is 0.745. The van der Waals surface area contributed by atoms with E-state index in [4.69, 9.17) is 15.6 Å². The number of carboxylic acid groups (broad SMARTS) is 1. The standard InChI is InChI=1S/C13H21NO3/c1-3-8-17-11-6-4-10(5-7-11)9-13(2,14)12(15)16/h4,6H,3,5,7-9,14H2,1-2H3,(H,15,16). The van der Waals surface area contributed by atoms with Gasteiger partial charge in [-0.15, -0.1) is 0 Å². The SMILES string of the molecule is CCCOC1=CC=C(CC(C)(N)C(=O)O)CC1. The maximum absolute atomic E-state index is 10.9. The van der Waals surface area contributed by atoms with Crippen molar-refractivity contribution in [2.24, 2.45) is 5.73 Å². The third-order valence-corrected chi connectivity index (χ3v) is 2.77. The Kier molecular flexibility index (Phi) is 4.75. The van der Waals surface area contributed by atoms with Gasteiger partial charge >= 0.3 is 5.97 Å². The van der Waals surface area contributed by atoms with Gasteiger partial charge < -0.3 is 15.6 Å². The molecule has 1 aliphatic rings. The molecule has 0 amide bonds. The zero-order valence-corrected chi connectivity index (χ0v) is 10.5. The molecule has 0 aliphatic heterocycles. The summed E-state index contributed by atoms with van der Waals surface area (Å²) in [6.45, 7) is 4.35. The zero-order valence-electron chi connectivity index (χ0n) is 10.5. The lowest BCUT2D eigenvalue weighted by Gasteiger charge is -2.23. The molecule has 0 saturated carbocycles. The van der Waals surface area contributed by atoms with Crippen molar-refractivity contribution in [1.82, 2.24) is 0 Å². The number of hydrogen-bond acceptors (Lipinski definition) is 3. The molecule has 1 aliphatic carbocycles. The topological polar surface area (TPSA) is 72.5 Å². The fourth-order valence-electron chi connectivity index (χ4n) is 1.71. The summed E-state index contributed by atoms with van der Waals surface area (Å²) in [4.78, 5) is 10.9. The minimum Gasteiger partial charge on any atom is -0.498 e. The first kappa shape index (κ1) is 13.8. The average molecular weight is 239 g/mol. The van der Waals surface area contributed by atoms with Crippen LogP contribution in [0.1, 0.15) is 39.5 Å². The van der Waals surface area contributed by atoms with E-state index in [1.807, 2.05) is 12.2 Å². The van der Waals surface area contributed by atoms with Crippen molar-refractivity contribution in [3.63, 3.8) is 0 Å². The van der Waals surface area contributed by atoms with E-state index in [0.29, 0.717) is 6.42 Å². The molecule has 4 heteroatoms. The molecule has 0 aromatic heterocycles. The van der Waals surface area contributed by atoms with Gasteiger partial charge in [0.25, 0.3) is 0 Å². The molecule has 96 valence electrons. The summed E-state index contributed by atoms with van der Waals surface area (Å²) in [6.07, 6.45) is 6.90. The summed E-state index contributed by atoms with van der Waals surface area (Å²) in [5.41, 5.74) is 5.60. The maximum Gasteiger partial charge on any atom is 0.323 e. The Morgan fingerprint density at radius 2 is 2.24 bits per heavy atom. The second kappa shape index (κ2) is 5.87. The highest BCUT2D eigenvalue weighted by atomic mass is 16.5. The molecule has 17 heavy (non-hydrogen) atoms. The van der Waals surface area contributed by atoms with Crippen LogP contribution in [0, 0.1) is 0 Å². The van der Waals surface area contributed by atoms with Crippen LogP contribution in [0.3, 0.4) is 0 Å². The van der Waals surface area contributed by atoms with Gasteiger partial charge in [-0.05, 0) is 32.3 Å². The molecule has 0 bridgehead atoms. The molecule has 0 aromatic carbocycles. The third-order valence-electron chi connectivity index (χ3n) is 2.77. The molecule has 0 saturated heterocycles. The van der Waals surface area contributed by atoms with Gasteiger partial charge in [0.15, 0.2) is 0 Å². The van der Waals surface area contributed by atoms with Crippen LogP contribution in [0.15, 0.2) is 23.5 Å². The van der Waals surface area contributed by atoms with E-state index in [0.717, 1.165) is 37.2 Å². The van der Waals surface area contributed by atoms with Gasteiger partial charge in [-0.1, -0.05) is 18.6 Å². The molecule has 0 fully saturated rings. The lowest BCUT2D eigenvalue weighted by atomic mass is 9.89. The van der Waals surface area contributed by atoms with Crippen molar-refractivity contribution in [1.29, 1.82) is 0 Å². The first-order valence-corrected chi connectivity index (χ1v) is 5.99. The fraction of sp³-hybridized carbons (Fsp3) is 0.615. The summed E-state index contributed by atoms with van der Waals surface area (Å²) in [7, 11) is 0. The summed E-state index contributed by atoms with van der Waals surface area (Å²) < 4.78 is 5.53. The Labute approximate surface area is 102 Å². The first-order chi connectivity index (χ1) is 7.95. The first-order valence-electron chi connectivity index (χ1n) is 5.99. The van der Waals surface area contributed by atoms with Crippen molar-refractivity contribution in [2.45, 2.75) is 45.1 Å². The van der Waals surface area contributed by atoms with Crippen LogP contribution in [0.2, 0.25) is 0 Å². The van der Waals surface area contributed by atoms with Crippen molar-refractivity contribution in [3.8, 4) is 0 Å². The zero-order chi connectivity index (χ0) is 12.9. The molecule has 1 unspecified atom stereocenters. The van der Waals surface area contributed by atoms with Crippen molar-refractivity contribution in [3.05, 3.63) is 23.5 Å². The molecular weight excluding hydrogens is 218 g/mol. The maximum atomic E-state index is 10.9. The number of carbonyl (C=O) groups is 1. The van der Waals surface area contributed by atoms with Crippen LogP contribution < -0.4 is 5.73 Å². The van der Waals surface area contributed by atoms with Crippen LogP contribution >= 0.6 is 0 Å². The monoisotopic (exact) mass is 239 g/mol. The third kappa shape index (κ3) is 4.23. The fourth-order valence-corrected chi connectivity index (χ4v) is 1.71. The van der Waals surface area contributed by atoms with Gasteiger partial charge in [0, 0.05) is 6.42 Å². The highest BCUT2D eigenvalue weighted by molar-refractivity contribution is 5.78. The number of nitrogens with two attached hydrogens (primary N) is 1. The van der Waals surface area contributed by atoms with E-state index in [1.54, 1.807) is 6.92 Å². The number of rotatable bonds is 6. The van der Waals surface area contributed by atoms with Crippen LogP contribution in [0.5, 0.6) is 0 Å². The van der Waals surface area contributed by atoms with E-state index in [1.165, 1.54) is 0 Å². The van der Waals surface area contributed by atoms with Crippen molar-refractivity contribution >= 4 is 5.97 Å². The van der Waals surface area contributed by atoms with Gasteiger partial charge in [0.2, 0.25) is 0 Å². The van der Waals surface area contributed by atoms with Crippen molar-refractivity contribution < 1.29 is 14.6 Å². The molecule has 1 atom stereocenters. The van der Waals surface area contributed by atoms with Crippen LogP contribution in [-0.2, 0) is 9.53 Å². The number of hydrogen-bond donors (Lipinski definition) is 2. The minimum absolute atomic E-state index is 0.389. The summed E-state index contributed by atoms with van der Waals surface area (Å²) in [5, 5.41) is 8.95. The van der Waals surface area contributed by atoms with Gasteiger partial charge in [-0.2, -0.15) is 0 Å². The van der Waals surface area contributed by atoms with Crippen molar-refractivity contribution in [2.75, 3.05) is 6.61 Å². The highest BCUT2D eigenvalue weighted by Gasteiger charge is 2.29. The van der Waals surface area contributed by atoms with Gasteiger partial charge in [-0.25, -0.2) is 0 Å². The van der Waals surface area contributed by atoms with E-state index >= 15 is 0 Å². The summed E-state index contributed by atoms with van der Waals surface area (Å²) in [6, 6.07) is 0. The predicted octanol–water partition coefficient (Wildman–Crippen LogP) is 2.21. The lowest BCUT2D eigenvalue weighted by Crippen LogP contribution is -2.45. The molecule has 0 radical (unpaired) electrons. The van der Waals surface area contributed by atoms with Gasteiger partial charge in [0.05, 0.1) is 12.4 Å². The minimum atomic E-state index is -1.18. The van der Waals surface area contributed by atoms with Crippen LogP contribution in [0.4, 0.5) is 0 Å². The molecule has 0 heterocycles. The molecule has 4 nitrogen and oxygen atoms in total. The van der Waals surface area contributed by atoms with Crippen LogP contribution in [-0.4, -0.2) is 23.2 Å². The number of aliphatic carboxylic acids is 1. The molecule has 0 aromatic rings. The molecule has 3 N–H and O–H groups in total. The summed E-state index contributed by atoms with van der Waals surface area (Å²) >= 11 is 0. The second-order valence-electron chi connectivity index (χ2n) is 4.71. The average Bonchev–Trinajstić information content (AvgIpc) is 2.27. The summed E-state index contributed by atoms with van der Waals surface area (Å²) in [5.74, 6) is 0.0139. The van der Waals surface area contributed by atoms with E-state index < -0.39 is 11.5 Å². The smallest absolute Gasteiger partial charge is 0.323 e. The van der Waals surface area contributed by atoms with E-state index in [9.17, 15) is 4.79 Å². The predicted molar refractivity (Wildman–Crippen MR) is 66.5 cm³/mol. The second-order valence-corrected chi connectivity index (χ2v) is 4.71. The van der Waals surface area contributed by atoms with E-state index in [2.05, 4.69) is 6.92 Å². The van der Waals surface area contributed by atoms with E-state index in [-0.39, 0.29) is 0 Å². The lowest BCUT2D eigenvalue weighted by molar-refractivity contribution is -0.142. The van der Waals surface area contributed by atoms with Crippen LogP contribution in [0.25, 0.3) is 0 Å². The molecular formula is C13H21NO3. The number of ether oxygens (including phenoxy) is 1. The Hall–Kier alpha value is -1.29. The Morgan fingerprint density at radius 1 is 1.53 bits per heavy atom. The normalized spacial score (nSPS) is 19.0. The number of carboxylic acids is 1. The Balaban J connectivity index is 2.56. The Morgan fingerprint density at radius 3 is 2.71 bits per heavy atom. The number of allylic oxidation sites excluding steroid dienone is 3. The Bertz CT molecular complexity index is 343. The molecule has 0 spiro atoms. The van der Waals surface area contributed by atoms with Gasteiger partial charge in [-0.3, -0.25) is 4.79 Å². The largest absolute Gasteiger partial charge is 0.498 e. The molecule has 1 rings (SSSR count). The highest BCUT2D eigenvalue weighted by Crippen LogP contribution is 2.25.